The summed E-state index contributed by atoms with van der Waals surface area (Å²) >= 11 is 0. The molecule has 2 N–H and O–H groups in total. The van der Waals surface area contributed by atoms with E-state index in [4.69, 9.17) is 0 Å². The summed E-state index contributed by atoms with van der Waals surface area (Å²) in [6.45, 7) is 1.83. The molecule has 0 radical (unpaired) electrons. The van der Waals surface area contributed by atoms with Gasteiger partial charge in [-0.05, 0) is 36.8 Å². The van der Waals surface area contributed by atoms with E-state index in [1.54, 1.807) is 6.20 Å². The fraction of sp³-hybridized carbons (Fsp3) is 0.158. The smallest absolute Gasteiger partial charge is 0.251 e. The van der Waals surface area contributed by atoms with Gasteiger partial charge in [-0.1, -0.05) is 30.3 Å². The summed E-state index contributed by atoms with van der Waals surface area (Å²) in [5, 5.41) is 2.85. The Bertz CT molecular complexity index is 1010. The molecule has 1 amide bonds. The number of imidazole rings is 1. The standard InChI is InChI=1S/C19H19N3O3S/c1-13(18-20-12-17(22-18)14-6-4-3-5-7-14)21-19(23)15-8-10-16(11-9-15)26(2,24)25/h3-13H,1-2H3,(H,20,22)(H,21,23)/t13-/m1/s1. The number of nitrogens with one attached hydrogen (secondary N) is 2. The van der Waals surface area contributed by atoms with Crippen molar-refractivity contribution in [1.29, 1.82) is 0 Å². The van der Waals surface area contributed by atoms with Gasteiger partial charge in [-0.3, -0.25) is 4.79 Å². The lowest BCUT2D eigenvalue weighted by Crippen LogP contribution is -2.27. The Morgan fingerprint density at radius 1 is 1.08 bits per heavy atom. The minimum atomic E-state index is -3.28. The molecule has 0 saturated heterocycles. The molecule has 0 saturated carbocycles. The van der Waals surface area contributed by atoms with Crippen LogP contribution < -0.4 is 5.32 Å². The fourth-order valence-corrected chi connectivity index (χ4v) is 3.15. The average Bonchev–Trinajstić information content (AvgIpc) is 3.12. The van der Waals surface area contributed by atoms with Crippen LogP contribution in [0.25, 0.3) is 11.3 Å². The van der Waals surface area contributed by atoms with Gasteiger partial charge in [0.25, 0.3) is 5.91 Å². The van der Waals surface area contributed by atoms with E-state index in [2.05, 4.69) is 15.3 Å². The Morgan fingerprint density at radius 2 is 1.73 bits per heavy atom. The first kappa shape index (κ1) is 17.9. The van der Waals surface area contributed by atoms with Crippen molar-refractivity contribution < 1.29 is 13.2 Å². The summed E-state index contributed by atoms with van der Waals surface area (Å²) in [5.74, 6) is 0.347. The van der Waals surface area contributed by atoms with Crippen LogP contribution in [0.4, 0.5) is 0 Å². The molecular formula is C19H19N3O3S. The van der Waals surface area contributed by atoms with Crippen molar-refractivity contribution >= 4 is 15.7 Å². The molecule has 1 aromatic heterocycles. The second kappa shape index (κ2) is 7.13. The SMILES string of the molecule is C[C@@H](NC(=O)c1ccc(S(C)(=O)=O)cc1)c1ncc(-c2ccccc2)[nH]1. The van der Waals surface area contributed by atoms with Crippen molar-refractivity contribution in [3.63, 3.8) is 0 Å². The first-order chi connectivity index (χ1) is 12.3. The van der Waals surface area contributed by atoms with E-state index in [0.717, 1.165) is 17.5 Å². The van der Waals surface area contributed by atoms with E-state index < -0.39 is 9.84 Å². The lowest BCUT2D eigenvalue weighted by Gasteiger charge is -2.12. The van der Waals surface area contributed by atoms with E-state index in [0.29, 0.717) is 11.4 Å². The predicted molar refractivity (Wildman–Crippen MR) is 99.5 cm³/mol. The quantitative estimate of drug-likeness (QED) is 0.723. The van der Waals surface area contributed by atoms with Crippen LogP contribution in [-0.2, 0) is 9.84 Å². The first-order valence-corrected chi connectivity index (χ1v) is 9.95. The summed E-state index contributed by atoms with van der Waals surface area (Å²) < 4.78 is 23.0. The number of aromatic nitrogens is 2. The minimum Gasteiger partial charge on any atom is -0.342 e. The van der Waals surface area contributed by atoms with Gasteiger partial charge >= 0.3 is 0 Å². The second-order valence-electron chi connectivity index (χ2n) is 6.04. The lowest BCUT2D eigenvalue weighted by molar-refractivity contribution is 0.0938. The molecule has 0 spiro atoms. The zero-order valence-corrected chi connectivity index (χ0v) is 15.2. The highest BCUT2D eigenvalue weighted by Gasteiger charge is 2.15. The maximum Gasteiger partial charge on any atom is 0.251 e. The van der Waals surface area contributed by atoms with Gasteiger partial charge in [-0.25, -0.2) is 13.4 Å². The number of H-pyrrole nitrogens is 1. The van der Waals surface area contributed by atoms with Gasteiger partial charge in [0.05, 0.1) is 22.8 Å². The van der Waals surface area contributed by atoms with Gasteiger partial charge in [-0.2, -0.15) is 0 Å². The molecule has 1 atom stereocenters. The van der Waals surface area contributed by atoms with E-state index in [1.807, 2.05) is 37.3 Å². The zero-order chi connectivity index (χ0) is 18.7. The van der Waals surface area contributed by atoms with Gasteiger partial charge in [0.1, 0.15) is 5.82 Å². The third-order valence-corrected chi connectivity index (χ3v) is 5.11. The largest absolute Gasteiger partial charge is 0.342 e. The zero-order valence-electron chi connectivity index (χ0n) is 14.4. The molecule has 0 fully saturated rings. The van der Waals surface area contributed by atoms with Gasteiger partial charge < -0.3 is 10.3 Å². The number of nitrogens with zero attached hydrogens (tertiary/aromatic N) is 1. The van der Waals surface area contributed by atoms with E-state index in [1.165, 1.54) is 24.3 Å². The molecule has 2 aromatic carbocycles. The van der Waals surface area contributed by atoms with Crippen LogP contribution in [0, 0.1) is 0 Å². The Balaban J connectivity index is 1.71. The molecule has 0 aliphatic carbocycles. The van der Waals surface area contributed by atoms with Crippen molar-refractivity contribution in [2.24, 2.45) is 0 Å². The van der Waals surface area contributed by atoms with Gasteiger partial charge in [0, 0.05) is 11.8 Å². The number of rotatable bonds is 5. The number of carbonyl (C=O) groups is 1. The van der Waals surface area contributed by atoms with Crippen LogP contribution in [0.3, 0.4) is 0 Å². The van der Waals surface area contributed by atoms with Crippen LogP contribution in [0.5, 0.6) is 0 Å². The number of sulfone groups is 1. The fourth-order valence-electron chi connectivity index (χ4n) is 2.52. The van der Waals surface area contributed by atoms with Crippen molar-refractivity contribution in [3.8, 4) is 11.3 Å². The Morgan fingerprint density at radius 3 is 2.35 bits per heavy atom. The highest BCUT2D eigenvalue weighted by atomic mass is 32.2. The van der Waals surface area contributed by atoms with E-state index >= 15 is 0 Å². The number of hydrogen-bond donors (Lipinski definition) is 2. The molecule has 6 nitrogen and oxygen atoms in total. The first-order valence-electron chi connectivity index (χ1n) is 8.06. The molecule has 0 aliphatic rings. The minimum absolute atomic E-state index is 0.181. The molecule has 7 heteroatoms. The van der Waals surface area contributed by atoms with Crippen molar-refractivity contribution in [2.45, 2.75) is 17.9 Å². The van der Waals surface area contributed by atoms with Gasteiger partial charge in [-0.15, -0.1) is 0 Å². The highest BCUT2D eigenvalue weighted by molar-refractivity contribution is 7.90. The van der Waals surface area contributed by atoms with Crippen LogP contribution in [-0.4, -0.2) is 30.5 Å². The number of aromatic amines is 1. The Kier molecular flexibility index (Phi) is 4.90. The Hall–Kier alpha value is -2.93. The molecule has 3 aromatic rings. The number of carbonyl (C=O) groups excluding carboxylic acids is 1. The summed E-state index contributed by atoms with van der Waals surface area (Å²) in [4.78, 5) is 20.1. The number of benzene rings is 2. The molecule has 0 unspecified atom stereocenters. The third-order valence-electron chi connectivity index (χ3n) is 3.98. The lowest BCUT2D eigenvalue weighted by atomic mass is 10.2. The number of amides is 1. The van der Waals surface area contributed by atoms with Crippen molar-refractivity contribution in [3.05, 3.63) is 72.2 Å². The van der Waals surface area contributed by atoms with Crippen LogP contribution in [0.15, 0.2) is 65.7 Å². The summed E-state index contributed by atoms with van der Waals surface area (Å²) in [6, 6.07) is 15.3. The van der Waals surface area contributed by atoms with E-state index in [9.17, 15) is 13.2 Å². The van der Waals surface area contributed by atoms with Gasteiger partial charge in [0.2, 0.25) is 0 Å². The summed E-state index contributed by atoms with van der Waals surface area (Å²) in [7, 11) is -3.28. The van der Waals surface area contributed by atoms with Crippen LogP contribution in [0.1, 0.15) is 29.1 Å². The Labute approximate surface area is 152 Å². The van der Waals surface area contributed by atoms with Crippen LogP contribution in [0.2, 0.25) is 0 Å². The summed E-state index contributed by atoms with van der Waals surface area (Å²) in [5.41, 5.74) is 2.28. The summed E-state index contributed by atoms with van der Waals surface area (Å²) in [6.07, 6.45) is 2.86. The highest BCUT2D eigenvalue weighted by Crippen LogP contribution is 2.19. The monoisotopic (exact) mass is 369 g/mol. The molecule has 26 heavy (non-hydrogen) atoms. The third kappa shape index (κ3) is 4.00. The average molecular weight is 369 g/mol. The normalized spacial score (nSPS) is 12.5. The van der Waals surface area contributed by atoms with Crippen molar-refractivity contribution in [1.82, 2.24) is 15.3 Å². The molecular weight excluding hydrogens is 350 g/mol. The van der Waals surface area contributed by atoms with Gasteiger partial charge in [0.15, 0.2) is 9.84 Å². The maximum atomic E-state index is 12.4. The molecule has 1 heterocycles. The molecule has 3 rings (SSSR count). The van der Waals surface area contributed by atoms with Crippen LogP contribution >= 0.6 is 0 Å². The molecule has 134 valence electrons. The predicted octanol–water partition coefficient (Wildman–Crippen LogP) is 2.97. The van der Waals surface area contributed by atoms with Crippen molar-refractivity contribution in [2.75, 3.05) is 6.26 Å². The molecule has 0 aliphatic heterocycles. The second-order valence-corrected chi connectivity index (χ2v) is 8.06. The maximum absolute atomic E-state index is 12.4. The van der Waals surface area contributed by atoms with E-state index in [-0.39, 0.29) is 16.8 Å². The molecule has 0 bridgehead atoms. The number of hydrogen-bond acceptors (Lipinski definition) is 4. The topological polar surface area (TPSA) is 91.9 Å².